The minimum absolute atomic E-state index is 0.203. The van der Waals surface area contributed by atoms with Crippen molar-refractivity contribution in [3.8, 4) is 17.3 Å². The number of ether oxygens (including phenoxy) is 1. The number of amides is 1. The smallest absolute Gasteiger partial charge is 0.273 e. The zero-order chi connectivity index (χ0) is 14.5. The molecule has 21 heavy (non-hydrogen) atoms. The van der Waals surface area contributed by atoms with E-state index in [4.69, 9.17) is 9.15 Å². The fourth-order valence-electron chi connectivity index (χ4n) is 2.18. The van der Waals surface area contributed by atoms with Crippen molar-refractivity contribution in [1.82, 2.24) is 15.3 Å². The number of carbonyl (C=O) groups excluding carboxylic acids is 1. The van der Waals surface area contributed by atoms with Crippen LogP contribution in [0.1, 0.15) is 36.2 Å². The van der Waals surface area contributed by atoms with Gasteiger partial charge in [0.1, 0.15) is 6.26 Å². The van der Waals surface area contributed by atoms with Crippen LogP contribution in [0.3, 0.4) is 0 Å². The molecule has 0 radical (unpaired) electrons. The Hall–Kier alpha value is -2.37. The summed E-state index contributed by atoms with van der Waals surface area (Å²) in [5.74, 6) is 0.735. The van der Waals surface area contributed by atoms with Gasteiger partial charge in [0.15, 0.2) is 5.69 Å². The standard InChI is InChI=1S/C15H17N3O3/c19-14-12-10-21-15(18-12)11-5-7-16-13(9-11)20-8-4-2-1-3-6-17-14/h5,7,9-10H,1-4,6,8H2,(H,17,19). The van der Waals surface area contributed by atoms with Crippen LogP contribution in [-0.4, -0.2) is 29.0 Å². The van der Waals surface area contributed by atoms with Crippen molar-refractivity contribution in [3.05, 3.63) is 30.3 Å². The van der Waals surface area contributed by atoms with Crippen molar-refractivity contribution >= 4 is 5.91 Å². The molecule has 0 saturated heterocycles. The minimum Gasteiger partial charge on any atom is -0.478 e. The van der Waals surface area contributed by atoms with Gasteiger partial charge in [-0.1, -0.05) is 12.8 Å². The Kier molecular flexibility index (Phi) is 4.14. The molecule has 6 heteroatoms. The Morgan fingerprint density at radius 2 is 2.10 bits per heavy atom. The summed E-state index contributed by atoms with van der Waals surface area (Å²) in [7, 11) is 0. The molecule has 2 aromatic heterocycles. The fraction of sp³-hybridized carbons (Fsp3) is 0.400. The van der Waals surface area contributed by atoms with E-state index in [2.05, 4.69) is 15.3 Å². The summed E-state index contributed by atoms with van der Waals surface area (Å²) in [6.07, 6.45) is 7.07. The first-order valence-corrected chi connectivity index (χ1v) is 7.16. The minimum atomic E-state index is -0.203. The van der Waals surface area contributed by atoms with Crippen LogP contribution >= 0.6 is 0 Å². The first-order valence-electron chi connectivity index (χ1n) is 7.16. The van der Waals surface area contributed by atoms with Crippen molar-refractivity contribution in [1.29, 1.82) is 0 Å². The lowest BCUT2D eigenvalue weighted by molar-refractivity contribution is 0.0948. The van der Waals surface area contributed by atoms with Gasteiger partial charge in [0.25, 0.3) is 5.91 Å². The van der Waals surface area contributed by atoms with E-state index in [-0.39, 0.29) is 5.91 Å². The number of rotatable bonds is 0. The summed E-state index contributed by atoms with van der Waals surface area (Å²) < 4.78 is 11.0. The second-order valence-corrected chi connectivity index (χ2v) is 4.94. The van der Waals surface area contributed by atoms with Crippen LogP contribution in [0.2, 0.25) is 0 Å². The Balaban J connectivity index is 1.87. The van der Waals surface area contributed by atoms with Crippen molar-refractivity contribution in [2.75, 3.05) is 13.2 Å². The highest BCUT2D eigenvalue weighted by Crippen LogP contribution is 2.22. The number of nitrogens with one attached hydrogen (secondary N) is 1. The van der Waals surface area contributed by atoms with Crippen LogP contribution in [0.15, 0.2) is 29.0 Å². The van der Waals surface area contributed by atoms with Crippen molar-refractivity contribution < 1.29 is 13.9 Å². The largest absolute Gasteiger partial charge is 0.478 e. The van der Waals surface area contributed by atoms with Gasteiger partial charge in [-0.25, -0.2) is 9.97 Å². The molecule has 3 rings (SSSR count). The molecule has 0 saturated carbocycles. The lowest BCUT2D eigenvalue weighted by Crippen LogP contribution is -2.24. The number of aromatic nitrogens is 2. The number of hydrogen-bond donors (Lipinski definition) is 1. The van der Waals surface area contributed by atoms with Gasteiger partial charge in [-0.3, -0.25) is 4.79 Å². The van der Waals surface area contributed by atoms with Crippen molar-refractivity contribution in [2.45, 2.75) is 25.7 Å². The lowest BCUT2D eigenvalue weighted by atomic mass is 10.2. The van der Waals surface area contributed by atoms with E-state index in [1.807, 2.05) is 0 Å². The molecule has 1 amide bonds. The summed E-state index contributed by atoms with van der Waals surface area (Å²) in [5.41, 5.74) is 1.04. The Morgan fingerprint density at radius 1 is 1.19 bits per heavy atom. The number of nitrogens with zero attached hydrogens (tertiary/aromatic N) is 2. The van der Waals surface area contributed by atoms with Crippen LogP contribution in [0, 0.1) is 0 Å². The van der Waals surface area contributed by atoms with Gasteiger partial charge in [0, 0.05) is 24.4 Å². The van der Waals surface area contributed by atoms with Crippen LogP contribution in [0.25, 0.3) is 11.5 Å². The van der Waals surface area contributed by atoms with Crippen molar-refractivity contribution in [3.63, 3.8) is 0 Å². The molecular weight excluding hydrogens is 270 g/mol. The molecule has 0 fully saturated rings. The SMILES string of the molecule is O=C1NCCCCCCOc2cc(ccn2)-c2nc1co2. The second kappa shape index (κ2) is 6.39. The lowest BCUT2D eigenvalue weighted by Gasteiger charge is -2.06. The molecule has 0 spiro atoms. The van der Waals surface area contributed by atoms with Gasteiger partial charge in [0.05, 0.1) is 6.61 Å². The fourth-order valence-corrected chi connectivity index (χ4v) is 2.18. The summed E-state index contributed by atoms with van der Waals surface area (Å²) >= 11 is 0. The molecule has 1 aliphatic rings. The van der Waals surface area contributed by atoms with Crippen LogP contribution in [0.4, 0.5) is 0 Å². The third-order valence-electron chi connectivity index (χ3n) is 3.33. The third kappa shape index (κ3) is 3.39. The first-order chi connectivity index (χ1) is 10.3. The van der Waals surface area contributed by atoms with Gasteiger partial charge in [-0.2, -0.15) is 0 Å². The molecule has 1 aliphatic heterocycles. The summed E-state index contributed by atoms with van der Waals surface area (Å²) in [6.45, 7) is 1.29. The molecule has 0 unspecified atom stereocenters. The van der Waals surface area contributed by atoms with Gasteiger partial charge < -0.3 is 14.5 Å². The van der Waals surface area contributed by atoms with E-state index >= 15 is 0 Å². The van der Waals surface area contributed by atoms with Gasteiger partial charge in [-0.15, -0.1) is 0 Å². The maximum Gasteiger partial charge on any atom is 0.273 e. The zero-order valence-electron chi connectivity index (χ0n) is 11.7. The van der Waals surface area contributed by atoms with Gasteiger partial charge >= 0.3 is 0 Å². The maximum absolute atomic E-state index is 11.9. The monoisotopic (exact) mass is 287 g/mol. The molecule has 3 heterocycles. The highest BCUT2D eigenvalue weighted by molar-refractivity contribution is 5.92. The first kappa shape index (κ1) is 13.6. The topological polar surface area (TPSA) is 77.2 Å². The van der Waals surface area contributed by atoms with Crippen LogP contribution < -0.4 is 10.1 Å². The summed E-state index contributed by atoms with van der Waals surface area (Å²) in [6, 6.07) is 3.55. The average Bonchev–Trinajstić information content (AvgIpc) is 2.99. The van der Waals surface area contributed by atoms with Crippen LogP contribution in [-0.2, 0) is 0 Å². The van der Waals surface area contributed by atoms with Crippen LogP contribution in [0.5, 0.6) is 5.88 Å². The van der Waals surface area contributed by atoms with Crippen molar-refractivity contribution in [2.24, 2.45) is 0 Å². The molecule has 0 atom stereocenters. The molecule has 4 bridgehead atoms. The number of pyridine rings is 1. The predicted molar refractivity (Wildman–Crippen MR) is 76.0 cm³/mol. The highest BCUT2D eigenvalue weighted by atomic mass is 16.5. The quantitative estimate of drug-likeness (QED) is 0.805. The summed E-state index contributed by atoms with van der Waals surface area (Å²) in [5, 5.41) is 2.85. The molecule has 2 aromatic rings. The van der Waals surface area contributed by atoms with E-state index in [0.717, 1.165) is 31.2 Å². The highest BCUT2D eigenvalue weighted by Gasteiger charge is 2.14. The van der Waals surface area contributed by atoms with E-state index in [1.54, 1.807) is 18.3 Å². The molecule has 1 N–H and O–H groups in total. The summed E-state index contributed by atoms with van der Waals surface area (Å²) in [4.78, 5) is 20.3. The Bertz CT molecular complexity index is 624. The molecule has 0 aromatic carbocycles. The number of carbonyl (C=O) groups is 1. The predicted octanol–water partition coefficient (Wildman–Crippen LogP) is 2.42. The normalized spacial score (nSPS) is 16.3. The number of fused-ring (bicyclic) bond motifs is 5. The molecule has 6 nitrogen and oxygen atoms in total. The van der Waals surface area contributed by atoms with Gasteiger partial charge in [-0.05, 0) is 18.9 Å². The molecule has 0 aliphatic carbocycles. The number of oxazole rings is 1. The van der Waals surface area contributed by atoms with E-state index < -0.39 is 0 Å². The Morgan fingerprint density at radius 3 is 3.05 bits per heavy atom. The second-order valence-electron chi connectivity index (χ2n) is 4.94. The van der Waals surface area contributed by atoms with E-state index in [9.17, 15) is 4.79 Å². The average molecular weight is 287 g/mol. The zero-order valence-corrected chi connectivity index (χ0v) is 11.7. The number of hydrogen-bond acceptors (Lipinski definition) is 5. The maximum atomic E-state index is 11.9. The van der Waals surface area contributed by atoms with E-state index in [1.165, 1.54) is 6.26 Å². The Labute approximate surface area is 122 Å². The molecular formula is C15H17N3O3. The van der Waals surface area contributed by atoms with Gasteiger partial charge in [0.2, 0.25) is 11.8 Å². The molecule has 110 valence electrons. The third-order valence-corrected chi connectivity index (χ3v) is 3.33. The van der Waals surface area contributed by atoms with E-state index in [0.29, 0.717) is 30.6 Å².